The maximum atomic E-state index is 14.4. The van der Waals surface area contributed by atoms with Crippen molar-refractivity contribution < 1.29 is 13.6 Å². The fraction of sp³-hybridized carbons (Fsp3) is 0.273. The number of nitrogens with zero attached hydrogens (tertiary/aromatic N) is 2. The molecular weight excluding hydrogens is 357 g/mol. The predicted molar refractivity (Wildman–Crippen MR) is 107 cm³/mol. The van der Waals surface area contributed by atoms with E-state index in [9.17, 15) is 9.18 Å². The summed E-state index contributed by atoms with van der Waals surface area (Å²) in [6.45, 7) is 3.53. The molecule has 1 saturated heterocycles. The van der Waals surface area contributed by atoms with E-state index in [1.807, 2.05) is 35.2 Å². The van der Waals surface area contributed by atoms with E-state index in [1.165, 1.54) is 6.07 Å². The number of aromatic nitrogens is 1. The Hall–Kier alpha value is -3.15. The Bertz CT molecular complexity index is 979. The third-order valence-corrected chi connectivity index (χ3v) is 4.92. The number of rotatable bonds is 5. The van der Waals surface area contributed by atoms with Crippen LogP contribution in [0.25, 0.3) is 11.5 Å². The second-order valence-corrected chi connectivity index (χ2v) is 6.97. The summed E-state index contributed by atoms with van der Waals surface area (Å²) in [4.78, 5) is 18.9. The van der Waals surface area contributed by atoms with Gasteiger partial charge in [-0.25, -0.2) is 9.37 Å². The molecular formula is C22H22FN3O2. The molecule has 0 radical (unpaired) electrons. The number of anilines is 2. The molecule has 0 atom stereocenters. The van der Waals surface area contributed by atoms with Crippen molar-refractivity contribution in [3.05, 3.63) is 65.8 Å². The summed E-state index contributed by atoms with van der Waals surface area (Å²) < 4.78 is 20.1. The Morgan fingerprint density at radius 1 is 1.18 bits per heavy atom. The van der Waals surface area contributed by atoms with E-state index in [0.717, 1.165) is 31.5 Å². The second-order valence-electron chi connectivity index (χ2n) is 6.97. The SMILES string of the molecule is Cc1oc(-c2ccccc2)nc1CC(=O)Nc1ccc(N2CCCC2)c(F)c1. The first-order valence-corrected chi connectivity index (χ1v) is 9.46. The second kappa shape index (κ2) is 7.84. The van der Waals surface area contributed by atoms with Crippen LogP contribution >= 0.6 is 0 Å². The van der Waals surface area contributed by atoms with Crippen molar-refractivity contribution in [1.29, 1.82) is 0 Å². The van der Waals surface area contributed by atoms with Crippen LogP contribution in [0.2, 0.25) is 0 Å². The van der Waals surface area contributed by atoms with Gasteiger partial charge < -0.3 is 14.6 Å². The third-order valence-electron chi connectivity index (χ3n) is 4.92. The molecule has 3 aromatic rings. The zero-order valence-corrected chi connectivity index (χ0v) is 15.7. The fourth-order valence-corrected chi connectivity index (χ4v) is 3.45. The normalized spacial score (nSPS) is 13.7. The number of hydrogen-bond donors (Lipinski definition) is 1. The van der Waals surface area contributed by atoms with Gasteiger partial charge in [-0.1, -0.05) is 18.2 Å². The number of carbonyl (C=O) groups is 1. The van der Waals surface area contributed by atoms with Gasteiger partial charge in [0, 0.05) is 24.3 Å². The van der Waals surface area contributed by atoms with Crippen LogP contribution in [0, 0.1) is 12.7 Å². The van der Waals surface area contributed by atoms with Gasteiger partial charge in [0.25, 0.3) is 0 Å². The van der Waals surface area contributed by atoms with Crippen LogP contribution in [-0.2, 0) is 11.2 Å². The molecule has 0 aliphatic carbocycles. The molecule has 5 nitrogen and oxygen atoms in total. The molecule has 2 aromatic carbocycles. The van der Waals surface area contributed by atoms with Crippen molar-refractivity contribution in [3.8, 4) is 11.5 Å². The largest absolute Gasteiger partial charge is 0.441 e. The smallest absolute Gasteiger partial charge is 0.230 e. The van der Waals surface area contributed by atoms with E-state index in [-0.39, 0.29) is 18.1 Å². The van der Waals surface area contributed by atoms with Crippen LogP contribution in [0.15, 0.2) is 52.9 Å². The van der Waals surface area contributed by atoms with Crippen LogP contribution in [0.4, 0.5) is 15.8 Å². The summed E-state index contributed by atoms with van der Waals surface area (Å²) in [7, 11) is 0. The Labute approximate surface area is 163 Å². The molecule has 4 rings (SSSR count). The van der Waals surface area contributed by atoms with E-state index in [0.29, 0.717) is 28.7 Å². The topological polar surface area (TPSA) is 58.4 Å². The van der Waals surface area contributed by atoms with Crippen molar-refractivity contribution in [2.75, 3.05) is 23.3 Å². The van der Waals surface area contributed by atoms with Crippen LogP contribution in [0.3, 0.4) is 0 Å². The summed E-state index contributed by atoms with van der Waals surface area (Å²) in [5.74, 6) is 0.513. The molecule has 0 bridgehead atoms. The highest BCUT2D eigenvalue weighted by Gasteiger charge is 2.18. The quantitative estimate of drug-likeness (QED) is 0.705. The van der Waals surface area contributed by atoms with Crippen molar-refractivity contribution >= 4 is 17.3 Å². The van der Waals surface area contributed by atoms with Gasteiger partial charge in [0.05, 0.1) is 17.8 Å². The number of halogens is 1. The zero-order chi connectivity index (χ0) is 19.5. The highest BCUT2D eigenvalue weighted by molar-refractivity contribution is 5.92. The van der Waals surface area contributed by atoms with Gasteiger partial charge in [-0.05, 0) is 50.1 Å². The van der Waals surface area contributed by atoms with Gasteiger partial charge in [-0.2, -0.15) is 0 Å². The van der Waals surface area contributed by atoms with Crippen molar-refractivity contribution in [1.82, 2.24) is 4.98 Å². The average Bonchev–Trinajstić information content (AvgIpc) is 3.33. The molecule has 28 heavy (non-hydrogen) atoms. The van der Waals surface area contributed by atoms with E-state index >= 15 is 0 Å². The minimum absolute atomic E-state index is 0.0671. The summed E-state index contributed by atoms with van der Waals surface area (Å²) >= 11 is 0. The van der Waals surface area contributed by atoms with E-state index in [2.05, 4.69) is 10.3 Å². The van der Waals surface area contributed by atoms with Gasteiger partial charge in [-0.15, -0.1) is 0 Å². The first kappa shape index (κ1) is 18.2. The highest BCUT2D eigenvalue weighted by Crippen LogP contribution is 2.26. The Balaban J connectivity index is 1.43. The van der Waals surface area contributed by atoms with Gasteiger partial charge in [0.15, 0.2) is 0 Å². The summed E-state index contributed by atoms with van der Waals surface area (Å²) in [5.41, 5.74) is 2.47. The lowest BCUT2D eigenvalue weighted by Gasteiger charge is -2.18. The van der Waals surface area contributed by atoms with Crippen molar-refractivity contribution in [3.63, 3.8) is 0 Å². The molecule has 1 aliphatic rings. The minimum atomic E-state index is -0.316. The molecule has 1 amide bonds. The maximum absolute atomic E-state index is 14.4. The first-order chi connectivity index (χ1) is 13.6. The molecule has 1 aliphatic heterocycles. The van der Waals surface area contributed by atoms with Crippen LogP contribution in [0.1, 0.15) is 24.3 Å². The van der Waals surface area contributed by atoms with E-state index in [1.54, 1.807) is 19.1 Å². The van der Waals surface area contributed by atoms with Gasteiger partial charge in [0.2, 0.25) is 11.8 Å². The Morgan fingerprint density at radius 2 is 1.93 bits per heavy atom. The predicted octanol–water partition coefficient (Wildman–Crippen LogP) is 4.57. The van der Waals surface area contributed by atoms with Crippen LogP contribution < -0.4 is 10.2 Å². The molecule has 1 N–H and O–H groups in total. The van der Waals surface area contributed by atoms with Crippen molar-refractivity contribution in [2.45, 2.75) is 26.2 Å². The number of oxazole rings is 1. The summed E-state index contributed by atoms with van der Waals surface area (Å²) in [5, 5.41) is 2.75. The summed E-state index contributed by atoms with van der Waals surface area (Å²) in [6, 6.07) is 14.4. The molecule has 0 saturated carbocycles. The molecule has 6 heteroatoms. The Morgan fingerprint density at radius 3 is 2.64 bits per heavy atom. The molecule has 0 spiro atoms. The zero-order valence-electron chi connectivity index (χ0n) is 15.7. The number of benzene rings is 2. The lowest BCUT2D eigenvalue weighted by atomic mass is 10.2. The number of nitrogens with one attached hydrogen (secondary N) is 1. The summed E-state index contributed by atoms with van der Waals surface area (Å²) in [6.07, 6.45) is 2.23. The number of amides is 1. The molecule has 1 aromatic heterocycles. The van der Waals surface area contributed by atoms with E-state index in [4.69, 9.17) is 4.42 Å². The maximum Gasteiger partial charge on any atom is 0.230 e. The number of aryl methyl sites for hydroxylation is 1. The standard InChI is InChI=1S/C22H22FN3O2/c1-15-19(25-22(28-15)16-7-3-2-4-8-16)14-21(27)24-17-9-10-20(18(23)13-17)26-11-5-6-12-26/h2-4,7-10,13H,5-6,11-12,14H2,1H3,(H,24,27). The van der Waals surface area contributed by atoms with Gasteiger partial charge >= 0.3 is 0 Å². The molecule has 1 fully saturated rings. The number of hydrogen-bond acceptors (Lipinski definition) is 4. The van der Waals surface area contributed by atoms with Gasteiger partial charge in [-0.3, -0.25) is 4.79 Å². The van der Waals surface area contributed by atoms with Crippen LogP contribution in [0.5, 0.6) is 0 Å². The van der Waals surface area contributed by atoms with Gasteiger partial charge in [0.1, 0.15) is 11.6 Å². The number of carbonyl (C=O) groups excluding carboxylic acids is 1. The average molecular weight is 379 g/mol. The van der Waals surface area contributed by atoms with Crippen LogP contribution in [-0.4, -0.2) is 24.0 Å². The van der Waals surface area contributed by atoms with Crippen molar-refractivity contribution in [2.24, 2.45) is 0 Å². The lowest BCUT2D eigenvalue weighted by Crippen LogP contribution is -2.19. The fourth-order valence-electron chi connectivity index (χ4n) is 3.45. The molecule has 0 unspecified atom stereocenters. The Kier molecular flexibility index (Phi) is 5.10. The monoisotopic (exact) mass is 379 g/mol. The third kappa shape index (κ3) is 3.91. The van der Waals surface area contributed by atoms with E-state index < -0.39 is 0 Å². The highest BCUT2D eigenvalue weighted by atomic mass is 19.1. The molecule has 144 valence electrons. The lowest BCUT2D eigenvalue weighted by molar-refractivity contribution is -0.115. The molecule has 2 heterocycles. The minimum Gasteiger partial charge on any atom is -0.441 e. The first-order valence-electron chi connectivity index (χ1n) is 9.46.